The number of nitrogens with one attached hydrogen (secondary N) is 2. The number of rotatable bonds is 4. The molecule has 0 fully saturated rings. The SMILES string of the molecule is O=C(NCC1=CCNCC1)c1nn(-c2ccccc2)c2c1CCC2. The third-order valence-corrected chi connectivity index (χ3v) is 4.78. The van der Waals surface area contributed by atoms with Crippen LogP contribution in [0.4, 0.5) is 0 Å². The van der Waals surface area contributed by atoms with Crippen LogP contribution in [-0.4, -0.2) is 35.3 Å². The molecule has 24 heavy (non-hydrogen) atoms. The number of para-hydroxylation sites is 1. The van der Waals surface area contributed by atoms with Gasteiger partial charge < -0.3 is 10.6 Å². The van der Waals surface area contributed by atoms with Gasteiger partial charge in [-0.15, -0.1) is 0 Å². The Labute approximate surface area is 141 Å². The van der Waals surface area contributed by atoms with Gasteiger partial charge in [0, 0.05) is 24.3 Å². The van der Waals surface area contributed by atoms with Gasteiger partial charge in [0.2, 0.25) is 0 Å². The highest BCUT2D eigenvalue weighted by Gasteiger charge is 2.26. The van der Waals surface area contributed by atoms with Crippen LogP contribution in [0.25, 0.3) is 5.69 Å². The topological polar surface area (TPSA) is 59.0 Å². The van der Waals surface area contributed by atoms with E-state index in [2.05, 4.69) is 21.8 Å². The van der Waals surface area contributed by atoms with Crippen LogP contribution in [0.5, 0.6) is 0 Å². The molecular formula is C19H22N4O. The summed E-state index contributed by atoms with van der Waals surface area (Å²) in [7, 11) is 0. The van der Waals surface area contributed by atoms with Crippen molar-refractivity contribution < 1.29 is 4.79 Å². The summed E-state index contributed by atoms with van der Waals surface area (Å²) in [5.41, 5.74) is 5.22. The molecule has 4 rings (SSSR count). The van der Waals surface area contributed by atoms with Crippen LogP contribution >= 0.6 is 0 Å². The van der Waals surface area contributed by atoms with Crippen molar-refractivity contribution >= 4 is 5.91 Å². The zero-order valence-corrected chi connectivity index (χ0v) is 13.7. The van der Waals surface area contributed by atoms with E-state index in [9.17, 15) is 4.79 Å². The monoisotopic (exact) mass is 322 g/mol. The van der Waals surface area contributed by atoms with Crippen LogP contribution in [-0.2, 0) is 12.8 Å². The Hall–Kier alpha value is -2.40. The molecule has 1 aromatic carbocycles. The molecule has 1 aliphatic carbocycles. The van der Waals surface area contributed by atoms with Crippen molar-refractivity contribution in [2.45, 2.75) is 25.7 Å². The molecular weight excluding hydrogens is 300 g/mol. The third kappa shape index (κ3) is 2.87. The van der Waals surface area contributed by atoms with Crippen LogP contribution in [0, 0.1) is 0 Å². The maximum Gasteiger partial charge on any atom is 0.272 e. The first kappa shape index (κ1) is 15.1. The average molecular weight is 322 g/mol. The zero-order valence-electron chi connectivity index (χ0n) is 13.7. The molecule has 5 heteroatoms. The summed E-state index contributed by atoms with van der Waals surface area (Å²) in [6.07, 6.45) is 6.18. The summed E-state index contributed by atoms with van der Waals surface area (Å²) >= 11 is 0. The normalized spacial score (nSPS) is 16.6. The molecule has 1 amide bonds. The number of carbonyl (C=O) groups excluding carboxylic acids is 1. The van der Waals surface area contributed by atoms with E-state index in [1.54, 1.807) is 0 Å². The molecule has 0 radical (unpaired) electrons. The van der Waals surface area contributed by atoms with Crippen molar-refractivity contribution in [3.63, 3.8) is 0 Å². The van der Waals surface area contributed by atoms with Gasteiger partial charge in [0.15, 0.2) is 5.69 Å². The highest BCUT2D eigenvalue weighted by atomic mass is 16.1. The molecule has 2 heterocycles. The van der Waals surface area contributed by atoms with Gasteiger partial charge >= 0.3 is 0 Å². The fourth-order valence-corrected chi connectivity index (χ4v) is 3.51. The van der Waals surface area contributed by atoms with E-state index in [0.717, 1.165) is 50.0 Å². The smallest absolute Gasteiger partial charge is 0.272 e. The van der Waals surface area contributed by atoms with E-state index in [1.807, 2.05) is 35.0 Å². The summed E-state index contributed by atoms with van der Waals surface area (Å²) in [6.45, 7) is 2.50. The van der Waals surface area contributed by atoms with Crippen LogP contribution in [0.2, 0.25) is 0 Å². The molecule has 0 saturated carbocycles. The van der Waals surface area contributed by atoms with Gasteiger partial charge in [0.25, 0.3) is 5.91 Å². The van der Waals surface area contributed by atoms with Gasteiger partial charge in [0.1, 0.15) is 0 Å². The zero-order chi connectivity index (χ0) is 16.4. The summed E-state index contributed by atoms with van der Waals surface area (Å²) < 4.78 is 1.95. The molecule has 1 aliphatic heterocycles. The predicted octanol–water partition coefficient (Wildman–Crippen LogP) is 2.01. The van der Waals surface area contributed by atoms with Gasteiger partial charge in [-0.3, -0.25) is 4.79 Å². The molecule has 5 nitrogen and oxygen atoms in total. The maximum absolute atomic E-state index is 12.7. The molecule has 2 N–H and O–H groups in total. The fraction of sp³-hybridized carbons (Fsp3) is 0.368. The van der Waals surface area contributed by atoms with Gasteiger partial charge in [-0.2, -0.15) is 5.10 Å². The minimum atomic E-state index is -0.0535. The van der Waals surface area contributed by atoms with Gasteiger partial charge in [-0.25, -0.2) is 4.68 Å². The highest BCUT2D eigenvalue weighted by molar-refractivity contribution is 5.94. The Balaban J connectivity index is 1.57. The standard InChI is InChI=1S/C19H22N4O/c24-19(21-13-14-9-11-20-12-10-14)18-16-7-4-8-17(16)23(22-18)15-5-2-1-3-6-15/h1-3,5-6,9,20H,4,7-8,10-13H2,(H,21,24). The number of aromatic nitrogens is 2. The molecule has 2 aliphatic rings. The van der Waals surface area contributed by atoms with Crippen molar-refractivity contribution in [3.05, 3.63) is 58.9 Å². The minimum Gasteiger partial charge on any atom is -0.347 e. The summed E-state index contributed by atoms with van der Waals surface area (Å²) in [5, 5.41) is 11.0. The van der Waals surface area contributed by atoms with Crippen molar-refractivity contribution in [3.8, 4) is 5.69 Å². The Bertz CT molecular complexity index is 776. The Morgan fingerprint density at radius 3 is 2.88 bits per heavy atom. The summed E-state index contributed by atoms with van der Waals surface area (Å²) in [5.74, 6) is -0.0535. The van der Waals surface area contributed by atoms with E-state index in [1.165, 1.54) is 11.3 Å². The second kappa shape index (κ2) is 6.61. The summed E-state index contributed by atoms with van der Waals surface area (Å²) in [6, 6.07) is 10.1. The van der Waals surface area contributed by atoms with Crippen LogP contribution in [0.1, 0.15) is 34.6 Å². The molecule has 0 spiro atoms. The minimum absolute atomic E-state index is 0.0535. The second-order valence-electron chi connectivity index (χ2n) is 6.37. The number of carbonyl (C=O) groups is 1. The van der Waals surface area contributed by atoms with Crippen LogP contribution < -0.4 is 10.6 Å². The third-order valence-electron chi connectivity index (χ3n) is 4.78. The number of hydrogen-bond acceptors (Lipinski definition) is 3. The summed E-state index contributed by atoms with van der Waals surface area (Å²) in [4.78, 5) is 12.7. The maximum atomic E-state index is 12.7. The largest absolute Gasteiger partial charge is 0.347 e. The molecule has 0 bridgehead atoms. The predicted molar refractivity (Wildman–Crippen MR) is 93.5 cm³/mol. The fourth-order valence-electron chi connectivity index (χ4n) is 3.51. The molecule has 0 unspecified atom stereocenters. The van der Waals surface area contributed by atoms with E-state index in [4.69, 9.17) is 0 Å². The lowest BCUT2D eigenvalue weighted by atomic mass is 10.1. The average Bonchev–Trinajstić information content (AvgIpc) is 3.24. The molecule has 2 aromatic rings. The number of benzene rings is 1. The van der Waals surface area contributed by atoms with Crippen LogP contribution in [0.15, 0.2) is 42.0 Å². The van der Waals surface area contributed by atoms with Crippen molar-refractivity contribution in [2.75, 3.05) is 19.6 Å². The molecule has 0 atom stereocenters. The van der Waals surface area contributed by atoms with Gasteiger partial charge in [-0.05, 0) is 44.4 Å². The number of fused-ring (bicyclic) bond motifs is 1. The molecule has 0 saturated heterocycles. The molecule has 1 aromatic heterocycles. The Morgan fingerprint density at radius 1 is 1.21 bits per heavy atom. The van der Waals surface area contributed by atoms with E-state index >= 15 is 0 Å². The lowest BCUT2D eigenvalue weighted by Crippen LogP contribution is -2.30. The van der Waals surface area contributed by atoms with Crippen LogP contribution in [0.3, 0.4) is 0 Å². The highest BCUT2D eigenvalue weighted by Crippen LogP contribution is 2.27. The van der Waals surface area contributed by atoms with Crippen molar-refractivity contribution in [2.24, 2.45) is 0 Å². The number of amides is 1. The quantitative estimate of drug-likeness (QED) is 0.847. The van der Waals surface area contributed by atoms with Gasteiger partial charge in [0.05, 0.1) is 5.69 Å². The lowest BCUT2D eigenvalue weighted by molar-refractivity contribution is 0.0950. The van der Waals surface area contributed by atoms with E-state index < -0.39 is 0 Å². The molecule has 124 valence electrons. The first-order valence-corrected chi connectivity index (χ1v) is 8.66. The second-order valence-corrected chi connectivity index (χ2v) is 6.37. The van der Waals surface area contributed by atoms with E-state index in [-0.39, 0.29) is 5.91 Å². The first-order chi connectivity index (χ1) is 11.8. The number of nitrogens with zero attached hydrogens (tertiary/aromatic N) is 2. The number of hydrogen-bond donors (Lipinski definition) is 2. The van der Waals surface area contributed by atoms with Crippen molar-refractivity contribution in [1.29, 1.82) is 0 Å². The Morgan fingerprint density at radius 2 is 2.08 bits per heavy atom. The Kier molecular flexibility index (Phi) is 4.17. The van der Waals surface area contributed by atoms with Crippen molar-refractivity contribution in [1.82, 2.24) is 20.4 Å². The van der Waals surface area contributed by atoms with E-state index in [0.29, 0.717) is 12.2 Å². The first-order valence-electron chi connectivity index (χ1n) is 8.66. The van der Waals surface area contributed by atoms with Gasteiger partial charge in [-0.1, -0.05) is 29.8 Å². The lowest BCUT2D eigenvalue weighted by Gasteiger charge is -2.14.